The van der Waals surface area contributed by atoms with Crippen LogP contribution in [-0.2, 0) is 21.5 Å². The zero-order valence-electron chi connectivity index (χ0n) is 24.6. The van der Waals surface area contributed by atoms with Crippen molar-refractivity contribution in [3.63, 3.8) is 0 Å². The van der Waals surface area contributed by atoms with Crippen LogP contribution in [0.4, 0.5) is 5.69 Å². The second-order valence-corrected chi connectivity index (χ2v) is 12.4. The first kappa shape index (κ1) is 32.0. The number of fused-ring (bicyclic) bond motifs is 1. The van der Waals surface area contributed by atoms with Crippen molar-refractivity contribution < 1.29 is 32.0 Å². The Balaban J connectivity index is 1.26. The number of carbonyl (C=O) groups excluding carboxylic acids is 2. The maximum absolute atomic E-state index is 13.4. The molecule has 236 valence electrons. The zero-order valence-corrected chi connectivity index (χ0v) is 26.2. The van der Waals surface area contributed by atoms with Gasteiger partial charge in [0.05, 0.1) is 31.6 Å². The van der Waals surface area contributed by atoms with Crippen molar-refractivity contribution in [1.29, 1.82) is 0 Å². The summed E-state index contributed by atoms with van der Waals surface area (Å²) in [6.45, 7) is 3.64. The van der Waals surface area contributed by atoms with Crippen LogP contribution in [0.15, 0.2) is 73.1 Å². The monoisotopic (exact) mass is 652 g/mol. The molecule has 2 N–H and O–H groups in total. The average molecular weight is 653 g/mol. The molecule has 0 fully saturated rings. The SMILES string of the molecule is Cc1c(Cl)cccc1OCCCC(=O)N1CCCOc2c(-c3cnn(Cc4cccc(C(=O)NCS(=O)(=O)O)c4)c3)cccc21. The molecule has 45 heavy (non-hydrogen) atoms. The second kappa shape index (κ2) is 14.1. The van der Waals surface area contributed by atoms with E-state index in [0.717, 1.165) is 22.3 Å². The largest absolute Gasteiger partial charge is 0.493 e. The summed E-state index contributed by atoms with van der Waals surface area (Å²) < 4.78 is 44.6. The van der Waals surface area contributed by atoms with Gasteiger partial charge in [-0.2, -0.15) is 13.5 Å². The number of halogens is 1. The number of benzene rings is 3. The molecule has 13 heteroatoms. The van der Waals surface area contributed by atoms with Crippen molar-refractivity contribution in [3.8, 4) is 22.6 Å². The van der Waals surface area contributed by atoms with E-state index in [1.54, 1.807) is 34.0 Å². The van der Waals surface area contributed by atoms with Gasteiger partial charge in [0.25, 0.3) is 16.0 Å². The Bertz CT molecular complexity index is 1810. The van der Waals surface area contributed by atoms with Crippen molar-refractivity contribution in [3.05, 3.63) is 94.8 Å². The number of aromatic nitrogens is 2. The lowest BCUT2D eigenvalue weighted by molar-refractivity contribution is -0.118. The van der Waals surface area contributed by atoms with Gasteiger partial charge in [-0.05, 0) is 55.7 Å². The van der Waals surface area contributed by atoms with Gasteiger partial charge in [0, 0.05) is 46.4 Å². The minimum atomic E-state index is -4.33. The van der Waals surface area contributed by atoms with Gasteiger partial charge in [-0.15, -0.1) is 0 Å². The Kier molecular flexibility index (Phi) is 10.1. The molecule has 3 aromatic carbocycles. The number of amides is 2. The Morgan fingerprint density at radius 2 is 1.93 bits per heavy atom. The van der Waals surface area contributed by atoms with Gasteiger partial charge >= 0.3 is 0 Å². The molecule has 0 unspecified atom stereocenters. The standard InChI is InChI=1S/C32H33ClN4O7S/c1-22-27(33)10-4-12-29(22)43-15-5-13-30(38)37-14-6-16-44-31-26(9-3-11-28(31)37)25-18-35-36(20-25)19-23-7-2-8-24(17-23)32(39)34-21-45(40,41)42/h2-4,7-12,17-18,20H,5-6,13-16,19,21H2,1H3,(H,34,39)(H,40,41,42). The fourth-order valence-electron chi connectivity index (χ4n) is 5.02. The molecule has 0 atom stereocenters. The summed E-state index contributed by atoms with van der Waals surface area (Å²) in [7, 11) is -4.33. The Labute approximate surface area is 266 Å². The number of para-hydroxylation sites is 1. The summed E-state index contributed by atoms with van der Waals surface area (Å²) in [4.78, 5) is 27.5. The summed E-state index contributed by atoms with van der Waals surface area (Å²) in [6, 6.07) is 17.9. The van der Waals surface area contributed by atoms with Crippen molar-refractivity contribution in [1.82, 2.24) is 15.1 Å². The predicted octanol–water partition coefficient (Wildman–Crippen LogP) is 5.11. The molecule has 1 aliphatic heterocycles. The van der Waals surface area contributed by atoms with E-state index in [2.05, 4.69) is 10.4 Å². The highest BCUT2D eigenvalue weighted by molar-refractivity contribution is 7.85. The molecule has 2 heterocycles. The summed E-state index contributed by atoms with van der Waals surface area (Å²) >= 11 is 6.18. The molecular weight excluding hydrogens is 620 g/mol. The minimum Gasteiger partial charge on any atom is -0.493 e. The normalized spacial score (nSPS) is 13.0. The van der Waals surface area contributed by atoms with Crippen LogP contribution in [0, 0.1) is 6.92 Å². The van der Waals surface area contributed by atoms with Gasteiger partial charge in [-0.25, -0.2) is 0 Å². The molecule has 0 bridgehead atoms. The third-order valence-electron chi connectivity index (χ3n) is 7.26. The molecule has 0 radical (unpaired) electrons. The summed E-state index contributed by atoms with van der Waals surface area (Å²) in [5, 5.41) is 7.30. The number of nitrogens with zero attached hydrogens (tertiary/aromatic N) is 3. The van der Waals surface area contributed by atoms with Crippen LogP contribution < -0.4 is 19.7 Å². The topological polar surface area (TPSA) is 140 Å². The number of carbonyl (C=O) groups is 2. The van der Waals surface area contributed by atoms with E-state index in [1.807, 2.05) is 55.6 Å². The van der Waals surface area contributed by atoms with Crippen LogP contribution in [-0.4, -0.2) is 60.2 Å². The van der Waals surface area contributed by atoms with Crippen LogP contribution in [0.2, 0.25) is 5.02 Å². The second-order valence-electron chi connectivity index (χ2n) is 10.6. The van der Waals surface area contributed by atoms with E-state index in [-0.39, 0.29) is 11.5 Å². The van der Waals surface area contributed by atoms with Crippen molar-refractivity contribution in [2.75, 3.05) is 30.5 Å². The Morgan fingerprint density at radius 3 is 2.76 bits per heavy atom. The lowest BCUT2D eigenvalue weighted by Gasteiger charge is -2.23. The smallest absolute Gasteiger partial charge is 0.283 e. The first-order valence-electron chi connectivity index (χ1n) is 14.4. The fraction of sp³-hybridized carbons (Fsp3) is 0.281. The predicted molar refractivity (Wildman–Crippen MR) is 170 cm³/mol. The average Bonchev–Trinajstić information content (AvgIpc) is 3.36. The van der Waals surface area contributed by atoms with Gasteiger partial charge in [0.15, 0.2) is 5.75 Å². The molecular formula is C32H33ClN4O7S. The van der Waals surface area contributed by atoms with E-state index in [1.165, 1.54) is 0 Å². The summed E-state index contributed by atoms with van der Waals surface area (Å²) in [5.74, 6) is -0.179. The molecule has 0 spiro atoms. The van der Waals surface area contributed by atoms with Gasteiger partial charge in [0.2, 0.25) is 5.91 Å². The molecule has 4 aromatic rings. The lowest BCUT2D eigenvalue weighted by atomic mass is 10.1. The molecule has 2 amide bonds. The molecule has 5 rings (SSSR count). The number of hydrogen-bond acceptors (Lipinski definition) is 7. The number of nitrogens with one attached hydrogen (secondary N) is 1. The summed E-state index contributed by atoms with van der Waals surface area (Å²) in [6.07, 6.45) is 5.12. The molecule has 0 aliphatic carbocycles. The first-order valence-corrected chi connectivity index (χ1v) is 16.4. The van der Waals surface area contributed by atoms with E-state index in [0.29, 0.717) is 67.8 Å². The van der Waals surface area contributed by atoms with Crippen molar-refractivity contribution in [2.24, 2.45) is 0 Å². The van der Waals surface area contributed by atoms with Gasteiger partial charge in [0.1, 0.15) is 11.6 Å². The van der Waals surface area contributed by atoms with Crippen LogP contribution >= 0.6 is 11.6 Å². The fourth-order valence-corrected chi connectivity index (χ4v) is 5.50. The third-order valence-corrected chi connectivity index (χ3v) is 8.18. The van der Waals surface area contributed by atoms with Crippen LogP contribution in [0.3, 0.4) is 0 Å². The number of hydrogen-bond donors (Lipinski definition) is 2. The lowest BCUT2D eigenvalue weighted by Crippen LogP contribution is -2.31. The zero-order chi connectivity index (χ0) is 32.0. The molecule has 0 saturated carbocycles. The molecule has 1 aliphatic rings. The highest BCUT2D eigenvalue weighted by Crippen LogP contribution is 2.40. The minimum absolute atomic E-state index is 0.0125. The van der Waals surface area contributed by atoms with Gasteiger partial charge in [-0.1, -0.05) is 41.9 Å². The Morgan fingerprint density at radius 1 is 1.13 bits per heavy atom. The van der Waals surface area contributed by atoms with E-state index in [4.69, 9.17) is 25.6 Å². The quantitative estimate of drug-likeness (QED) is 0.168. The van der Waals surface area contributed by atoms with Crippen LogP contribution in [0.1, 0.15) is 40.7 Å². The van der Waals surface area contributed by atoms with E-state index < -0.39 is 21.9 Å². The Hall–Kier alpha value is -4.39. The molecule has 1 aromatic heterocycles. The molecule has 0 saturated heterocycles. The van der Waals surface area contributed by atoms with E-state index in [9.17, 15) is 18.0 Å². The van der Waals surface area contributed by atoms with E-state index >= 15 is 0 Å². The number of rotatable bonds is 11. The first-order chi connectivity index (χ1) is 21.6. The maximum atomic E-state index is 13.4. The maximum Gasteiger partial charge on any atom is 0.283 e. The highest BCUT2D eigenvalue weighted by Gasteiger charge is 2.25. The number of ether oxygens (including phenoxy) is 2. The van der Waals surface area contributed by atoms with Gasteiger partial charge < -0.3 is 19.7 Å². The highest BCUT2D eigenvalue weighted by atomic mass is 35.5. The molecule has 11 nitrogen and oxygen atoms in total. The van der Waals surface area contributed by atoms with Gasteiger partial charge in [-0.3, -0.25) is 18.8 Å². The summed E-state index contributed by atoms with van der Waals surface area (Å²) in [5.41, 5.74) is 4.19. The number of anilines is 1. The van der Waals surface area contributed by atoms with Crippen LogP contribution in [0.25, 0.3) is 11.1 Å². The van der Waals surface area contributed by atoms with Crippen LogP contribution in [0.5, 0.6) is 11.5 Å². The van der Waals surface area contributed by atoms with Crippen molar-refractivity contribution >= 4 is 39.2 Å². The third kappa shape index (κ3) is 8.21. The van der Waals surface area contributed by atoms with Crippen molar-refractivity contribution in [2.45, 2.75) is 32.7 Å².